The summed E-state index contributed by atoms with van der Waals surface area (Å²) in [6.07, 6.45) is 0.645. The first kappa shape index (κ1) is 23.6. The Morgan fingerprint density at radius 1 is 1.09 bits per heavy atom. The third-order valence-electron chi connectivity index (χ3n) is 5.46. The number of hydrogen-bond donors (Lipinski definition) is 3. The maximum atomic E-state index is 12.9. The number of carbonyl (C=O) groups excluding carboxylic acids is 3. The SMILES string of the molecule is CCC(NC1=C(Nc2cccc(C(=O)N(C)C)c2O)C(=O)N(C)C1=O)c1ccc(OC)cc1. The van der Waals surface area contributed by atoms with E-state index in [2.05, 4.69) is 10.6 Å². The van der Waals surface area contributed by atoms with E-state index >= 15 is 0 Å². The molecule has 0 saturated carbocycles. The smallest absolute Gasteiger partial charge is 0.279 e. The number of para-hydroxylation sites is 1. The predicted molar refractivity (Wildman–Crippen MR) is 124 cm³/mol. The summed E-state index contributed by atoms with van der Waals surface area (Å²) in [4.78, 5) is 40.4. The lowest BCUT2D eigenvalue weighted by Crippen LogP contribution is -2.31. The number of nitrogens with one attached hydrogen (secondary N) is 2. The highest BCUT2D eigenvalue weighted by Crippen LogP contribution is 2.32. The summed E-state index contributed by atoms with van der Waals surface area (Å²) in [5, 5.41) is 16.7. The summed E-state index contributed by atoms with van der Waals surface area (Å²) in [6, 6.07) is 11.8. The van der Waals surface area contributed by atoms with Gasteiger partial charge >= 0.3 is 0 Å². The van der Waals surface area contributed by atoms with Gasteiger partial charge in [0, 0.05) is 21.1 Å². The molecule has 3 amide bonds. The molecule has 0 fully saturated rings. The molecule has 1 unspecified atom stereocenters. The molecule has 1 aliphatic heterocycles. The van der Waals surface area contributed by atoms with Crippen molar-refractivity contribution in [3.63, 3.8) is 0 Å². The molecule has 0 radical (unpaired) electrons. The molecule has 1 atom stereocenters. The standard InChI is InChI=1S/C24H28N4O5/c1-6-17(14-10-12-15(33-5)13-11-14)25-19-20(24(32)28(4)23(19)31)26-18-9-7-8-16(21(18)29)22(30)27(2)3/h7-13,17,25-26,29H,6H2,1-5H3. The van der Waals surface area contributed by atoms with E-state index in [0.29, 0.717) is 12.2 Å². The first-order valence-electron chi connectivity index (χ1n) is 10.5. The lowest BCUT2D eigenvalue weighted by atomic mass is 10.0. The number of hydrogen-bond acceptors (Lipinski definition) is 7. The van der Waals surface area contributed by atoms with Crippen molar-refractivity contribution in [1.29, 1.82) is 0 Å². The maximum absolute atomic E-state index is 12.9. The average Bonchev–Trinajstić information content (AvgIpc) is 3.01. The fourth-order valence-corrected chi connectivity index (χ4v) is 3.52. The summed E-state index contributed by atoms with van der Waals surface area (Å²) in [5.74, 6) is -1.02. The van der Waals surface area contributed by atoms with Gasteiger partial charge in [-0.05, 0) is 36.2 Å². The van der Waals surface area contributed by atoms with Gasteiger partial charge in [-0.2, -0.15) is 0 Å². The van der Waals surface area contributed by atoms with Crippen LogP contribution in [0.3, 0.4) is 0 Å². The lowest BCUT2D eigenvalue weighted by molar-refractivity contribution is -0.136. The largest absolute Gasteiger partial charge is 0.505 e. The van der Waals surface area contributed by atoms with Gasteiger partial charge in [0.2, 0.25) is 0 Å². The van der Waals surface area contributed by atoms with Crippen LogP contribution in [0, 0.1) is 0 Å². The fraction of sp³-hybridized carbons (Fsp3) is 0.292. The van der Waals surface area contributed by atoms with Crippen molar-refractivity contribution in [1.82, 2.24) is 15.1 Å². The van der Waals surface area contributed by atoms with Crippen LogP contribution >= 0.6 is 0 Å². The van der Waals surface area contributed by atoms with Gasteiger partial charge in [-0.1, -0.05) is 25.1 Å². The van der Waals surface area contributed by atoms with Gasteiger partial charge in [-0.3, -0.25) is 19.3 Å². The van der Waals surface area contributed by atoms with E-state index in [1.54, 1.807) is 27.3 Å². The van der Waals surface area contributed by atoms with E-state index in [1.807, 2.05) is 31.2 Å². The van der Waals surface area contributed by atoms with Gasteiger partial charge in [0.25, 0.3) is 17.7 Å². The van der Waals surface area contributed by atoms with Crippen LogP contribution in [0.25, 0.3) is 0 Å². The minimum Gasteiger partial charge on any atom is -0.505 e. The average molecular weight is 453 g/mol. The highest BCUT2D eigenvalue weighted by molar-refractivity contribution is 6.20. The predicted octanol–water partition coefficient (Wildman–Crippen LogP) is 2.47. The van der Waals surface area contributed by atoms with Crippen molar-refractivity contribution in [2.75, 3.05) is 33.6 Å². The molecule has 0 bridgehead atoms. The molecule has 9 heteroatoms. The van der Waals surface area contributed by atoms with Crippen molar-refractivity contribution in [2.45, 2.75) is 19.4 Å². The first-order valence-corrected chi connectivity index (χ1v) is 10.5. The third-order valence-corrected chi connectivity index (χ3v) is 5.46. The molecule has 2 aromatic rings. The maximum Gasteiger partial charge on any atom is 0.279 e. The molecule has 33 heavy (non-hydrogen) atoms. The van der Waals surface area contributed by atoms with Gasteiger partial charge in [0.1, 0.15) is 17.1 Å². The number of phenolic OH excluding ortho intramolecular Hbond substituents is 1. The zero-order valence-corrected chi connectivity index (χ0v) is 19.3. The molecule has 3 N–H and O–H groups in total. The third kappa shape index (κ3) is 4.62. The van der Waals surface area contributed by atoms with E-state index in [-0.39, 0.29) is 40.3 Å². The van der Waals surface area contributed by atoms with Crippen molar-refractivity contribution >= 4 is 23.4 Å². The Bertz CT molecular complexity index is 1110. The van der Waals surface area contributed by atoms with E-state index < -0.39 is 11.8 Å². The normalized spacial score (nSPS) is 14.4. The number of imide groups is 1. The molecule has 0 aromatic heterocycles. The lowest BCUT2D eigenvalue weighted by Gasteiger charge is -2.20. The number of phenols is 1. The topological polar surface area (TPSA) is 111 Å². The molecule has 3 rings (SSSR count). The minimum atomic E-state index is -0.546. The van der Waals surface area contributed by atoms with Crippen LogP contribution in [-0.2, 0) is 9.59 Å². The van der Waals surface area contributed by atoms with Crippen molar-refractivity contribution < 1.29 is 24.2 Å². The van der Waals surface area contributed by atoms with Gasteiger partial charge in [0.15, 0.2) is 5.75 Å². The second-order valence-corrected chi connectivity index (χ2v) is 7.82. The van der Waals surface area contributed by atoms with Crippen molar-refractivity contribution in [3.8, 4) is 11.5 Å². The number of methoxy groups -OCH3 is 1. The Hall–Kier alpha value is -4.01. The van der Waals surface area contributed by atoms with E-state index in [9.17, 15) is 19.5 Å². The van der Waals surface area contributed by atoms with Crippen LogP contribution in [0.1, 0.15) is 35.3 Å². The summed E-state index contributed by atoms with van der Waals surface area (Å²) < 4.78 is 5.20. The molecule has 0 saturated heterocycles. The first-order chi connectivity index (χ1) is 15.7. The van der Waals surface area contributed by atoms with Gasteiger partial charge in [-0.15, -0.1) is 0 Å². The summed E-state index contributed by atoms with van der Waals surface area (Å²) in [7, 11) is 6.12. The van der Waals surface area contributed by atoms with Crippen molar-refractivity contribution in [3.05, 3.63) is 65.0 Å². The molecule has 1 heterocycles. The molecular formula is C24H28N4O5. The fourth-order valence-electron chi connectivity index (χ4n) is 3.52. The number of anilines is 1. The zero-order valence-electron chi connectivity index (χ0n) is 19.3. The minimum absolute atomic E-state index is 0.000728. The molecular weight excluding hydrogens is 424 g/mol. The molecule has 1 aliphatic rings. The Morgan fingerprint density at radius 2 is 1.73 bits per heavy atom. The van der Waals surface area contributed by atoms with E-state index in [0.717, 1.165) is 10.5 Å². The Morgan fingerprint density at radius 3 is 2.30 bits per heavy atom. The van der Waals surface area contributed by atoms with E-state index in [1.165, 1.54) is 24.1 Å². The monoisotopic (exact) mass is 452 g/mol. The number of likely N-dealkylation sites (N-methyl/N-ethyl adjacent to an activating group) is 1. The molecule has 0 aliphatic carbocycles. The molecule has 174 valence electrons. The van der Waals surface area contributed by atoms with Crippen LogP contribution in [0.4, 0.5) is 5.69 Å². The zero-order chi connectivity index (χ0) is 24.3. The Balaban J connectivity index is 1.98. The number of amides is 3. The second kappa shape index (κ2) is 9.64. The number of ether oxygens (including phenoxy) is 1. The number of carbonyl (C=O) groups is 3. The van der Waals surface area contributed by atoms with Gasteiger partial charge < -0.3 is 25.4 Å². The number of benzene rings is 2. The molecule has 9 nitrogen and oxygen atoms in total. The van der Waals surface area contributed by atoms with Crippen LogP contribution in [0.15, 0.2) is 53.9 Å². The Kier molecular flexibility index (Phi) is 6.91. The van der Waals surface area contributed by atoms with Crippen LogP contribution < -0.4 is 15.4 Å². The number of nitrogens with zero attached hydrogens (tertiary/aromatic N) is 2. The summed E-state index contributed by atoms with van der Waals surface area (Å²) in [5.41, 5.74) is 1.23. The Labute approximate surface area is 192 Å². The van der Waals surface area contributed by atoms with Crippen LogP contribution in [-0.4, -0.2) is 60.9 Å². The number of rotatable bonds is 8. The summed E-state index contributed by atoms with van der Waals surface area (Å²) >= 11 is 0. The van der Waals surface area contributed by atoms with E-state index in [4.69, 9.17) is 4.74 Å². The van der Waals surface area contributed by atoms with Gasteiger partial charge in [0.05, 0.1) is 24.4 Å². The van der Waals surface area contributed by atoms with Crippen LogP contribution in [0.2, 0.25) is 0 Å². The highest BCUT2D eigenvalue weighted by Gasteiger charge is 2.37. The van der Waals surface area contributed by atoms with Crippen molar-refractivity contribution in [2.24, 2.45) is 0 Å². The van der Waals surface area contributed by atoms with Crippen LogP contribution in [0.5, 0.6) is 11.5 Å². The summed E-state index contributed by atoms with van der Waals surface area (Å²) in [6.45, 7) is 1.96. The highest BCUT2D eigenvalue weighted by atomic mass is 16.5. The number of aromatic hydroxyl groups is 1. The second-order valence-electron chi connectivity index (χ2n) is 7.82. The quantitative estimate of drug-likeness (QED) is 0.417. The van der Waals surface area contributed by atoms with Gasteiger partial charge in [-0.25, -0.2) is 0 Å². The molecule has 2 aromatic carbocycles. The molecule has 0 spiro atoms.